The molecular weight excluding hydrogens is 408 g/mol. The van der Waals surface area contributed by atoms with Crippen molar-refractivity contribution in [3.63, 3.8) is 0 Å². The summed E-state index contributed by atoms with van der Waals surface area (Å²) in [4.78, 5) is 26.2. The summed E-state index contributed by atoms with van der Waals surface area (Å²) in [6, 6.07) is 14.5. The summed E-state index contributed by atoms with van der Waals surface area (Å²) < 4.78 is 16.3. The highest BCUT2D eigenvalue weighted by atomic mass is 16.5. The lowest BCUT2D eigenvalue weighted by molar-refractivity contribution is -0.136. The minimum Gasteiger partial charge on any atom is -0.490 e. The number of allylic oxidation sites excluding steroid dienone is 2. The molecular formula is C25H22N2O5. The molecule has 0 saturated heterocycles. The van der Waals surface area contributed by atoms with E-state index in [1.807, 2.05) is 31.2 Å². The van der Waals surface area contributed by atoms with Crippen molar-refractivity contribution in [1.29, 1.82) is 5.26 Å². The van der Waals surface area contributed by atoms with Crippen LogP contribution in [0.5, 0.6) is 11.5 Å². The van der Waals surface area contributed by atoms with Gasteiger partial charge in [0.1, 0.15) is 6.07 Å². The molecule has 1 aliphatic heterocycles. The smallest absolute Gasteiger partial charge is 0.336 e. The van der Waals surface area contributed by atoms with Gasteiger partial charge in [0.15, 0.2) is 23.9 Å². The van der Waals surface area contributed by atoms with E-state index in [1.54, 1.807) is 31.2 Å². The SMILES string of the molecule is CCOc1cc(C2C(C(=O)OC)=C(C)NC3=C2C(=O)c2ccccc23)ccc1OCC#N. The molecule has 7 heteroatoms. The first-order chi connectivity index (χ1) is 15.5. The standard InChI is InChI=1S/C25H22N2O5/c1-4-31-19-13-15(9-10-18(19)32-12-11-26)21-20(25(29)30-3)14(2)27-23-16-7-5-6-8-17(16)24(28)22(21)23/h5-10,13,21,27H,4,12H2,1-3H3. The second-order valence-electron chi connectivity index (χ2n) is 7.34. The molecule has 0 aromatic heterocycles. The molecule has 2 aliphatic rings. The minimum atomic E-state index is -0.650. The summed E-state index contributed by atoms with van der Waals surface area (Å²) in [7, 11) is 1.32. The number of dihydropyridines is 1. The number of methoxy groups -OCH3 is 1. The Labute approximate surface area is 185 Å². The fourth-order valence-corrected chi connectivity index (χ4v) is 4.24. The zero-order valence-corrected chi connectivity index (χ0v) is 18.0. The van der Waals surface area contributed by atoms with Gasteiger partial charge >= 0.3 is 5.97 Å². The van der Waals surface area contributed by atoms with Gasteiger partial charge in [-0.25, -0.2) is 4.79 Å². The molecule has 4 rings (SSSR count). The molecule has 0 fully saturated rings. The van der Waals surface area contributed by atoms with Gasteiger partial charge in [0.25, 0.3) is 0 Å². The Morgan fingerprint density at radius 3 is 2.56 bits per heavy atom. The maximum absolute atomic E-state index is 13.4. The Morgan fingerprint density at radius 2 is 1.88 bits per heavy atom. The van der Waals surface area contributed by atoms with E-state index < -0.39 is 11.9 Å². The van der Waals surface area contributed by atoms with Crippen molar-refractivity contribution in [1.82, 2.24) is 5.32 Å². The van der Waals surface area contributed by atoms with Crippen LogP contribution in [0.25, 0.3) is 5.70 Å². The van der Waals surface area contributed by atoms with Crippen LogP contribution in [-0.4, -0.2) is 32.1 Å². The molecule has 1 aliphatic carbocycles. The summed E-state index contributed by atoms with van der Waals surface area (Å²) in [5, 5.41) is 12.1. The van der Waals surface area contributed by atoms with Crippen molar-refractivity contribution in [3.8, 4) is 17.6 Å². The van der Waals surface area contributed by atoms with Crippen molar-refractivity contribution in [3.05, 3.63) is 76.0 Å². The third-order valence-corrected chi connectivity index (χ3v) is 5.55. The molecule has 1 atom stereocenters. The largest absolute Gasteiger partial charge is 0.490 e. The maximum atomic E-state index is 13.4. The van der Waals surface area contributed by atoms with Crippen LogP contribution in [0.1, 0.15) is 41.3 Å². The van der Waals surface area contributed by atoms with E-state index in [0.29, 0.717) is 51.8 Å². The third kappa shape index (κ3) is 3.40. The molecule has 0 radical (unpaired) electrons. The summed E-state index contributed by atoms with van der Waals surface area (Å²) in [5.74, 6) is -0.446. The van der Waals surface area contributed by atoms with Crippen LogP contribution in [0.3, 0.4) is 0 Å². The van der Waals surface area contributed by atoms with E-state index in [4.69, 9.17) is 19.5 Å². The van der Waals surface area contributed by atoms with E-state index in [2.05, 4.69) is 5.32 Å². The van der Waals surface area contributed by atoms with Gasteiger partial charge in [0, 0.05) is 28.3 Å². The Hall–Kier alpha value is -4.05. The lowest BCUT2D eigenvalue weighted by Gasteiger charge is -2.29. The highest BCUT2D eigenvalue weighted by Gasteiger charge is 2.43. The maximum Gasteiger partial charge on any atom is 0.336 e. The van der Waals surface area contributed by atoms with Gasteiger partial charge in [-0.15, -0.1) is 0 Å². The number of benzene rings is 2. The van der Waals surface area contributed by atoms with Gasteiger partial charge in [0.05, 0.1) is 25.0 Å². The summed E-state index contributed by atoms with van der Waals surface area (Å²) in [6.45, 7) is 3.90. The monoisotopic (exact) mass is 430 g/mol. The molecule has 1 heterocycles. The minimum absolute atomic E-state index is 0.123. The number of hydrogen-bond donors (Lipinski definition) is 1. The van der Waals surface area contributed by atoms with Crippen LogP contribution in [0.2, 0.25) is 0 Å². The molecule has 32 heavy (non-hydrogen) atoms. The predicted molar refractivity (Wildman–Crippen MR) is 117 cm³/mol. The highest BCUT2D eigenvalue weighted by Crippen LogP contribution is 2.47. The molecule has 162 valence electrons. The Balaban J connectivity index is 1.90. The molecule has 1 N–H and O–H groups in total. The van der Waals surface area contributed by atoms with Gasteiger partial charge in [-0.2, -0.15) is 5.26 Å². The predicted octanol–water partition coefficient (Wildman–Crippen LogP) is 3.73. The number of nitriles is 1. The van der Waals surface area contributed by atoms with Crippen LogP contribution >= 0.6 is 0 Å². The van der Waals surface area contributed by atoms with Crippen molar-refractivity contribution in [2.45, 2.75) is 19.8 Å². The van der Waals surface area contributed by atoms with E-state index in [1.165, 1.54) is 7.11 Å². The number of Topliss-reactive ketones (excluding diaryl/α,β-unsaturated/α-hetero) is 1. The lowest BCUT2D eigenvalue weighted by atomic mass is 9.79. The fraction of sp³-hybridized carbons (Fsp3) is 0.240. The number of nitrogens with one attached hydrogen (secondary N) is 1. The number of rotatable bonds is 6. The van der Waals surface area contributed by atoms with E-state index in [-0.39, 0.29) is 12.4 Å². The van der Waals surface area contributed by atoms with Crippen molar-refractivity contribution < 1.29 is 23.8 Å². The average molecular weight is 430 g/mol. The van der Waals surface area contributed by atoms with Crippen molar-refractivity contribution in [2.75, 3.05) is 20.3 Å². The molecule has 2 aromatic carbocycles. The van der Waals surface area contributed by atoms with Gasteiger partial charge < -0.3 is 19.5 Å². The third-order valence-electron chi connectivity index (χ3n) is 5.55. The first-order valence-corrected chi connectivity index (χ1v) is 10.2. The van der Waals surface area contributed by atoms with Gasteiger partial charge in [-0.1, -0.05) is 30.3 Å². The quantitative estimate of drug-likeness (QED) is 0.698. The van der Waals surface area contributed by atoms with Gasteiger partial charge in [-0.3, -0.25) is 4.79 Å². The van der Waals surface area contributed by atoms with E-state index >= 15 is 0 Å². The fourth-order valence-electron chi connectivity index (χ4n) is 4.24. The lowest BCUT2D eigenvalue weighted by Crippen LogP contribution is -2.29. The molecule has 2 aromatic rings. The topological polar surface area (TPSA) is 97.7 Å². The Morgan fingerprint density at radius 1 is 1.12 bits per heavy atom. The number of ketones is 1. The molecule has 0 saturated carbocycles. The number of ether oxygens (including phenoxy) is 3. The van der Waals surface area contributed by atoms with Crippen molar-refractivity contribution >= 4 is 17.4 Å². The molecule has 0 amide bonds. The van der Waals surface area contributed by atoms with Crippen LogP contribution in [0.15, 0.2) is 59.3 Å². The van der Waals surface area contributed by atoms with Crippen LogP contribution < -0.4 is 14.8 Å². The van der Waals surface area contributed by atoms with Crippen LogP contribution in [0.4, 0.5) is 0 Å². The second kappa shape index (κ2) is 8.60. The number of fused-ring (bicyclic) bond motifs is 2. The first kappa shape index (κ1) is 21.2. The van der Waals surface area contributed by atoms with Crippen molar-refractivity contribution in [2.24, 2.45) is 0 Å². The Bertz CT molecular complexity index is 1220. The number of nitrogens with zero attached hydrogens (tertiary/aromatic N) is 1. The number of carbonyl (C=O) groups excluding carboxylic acids is 2. The number of esters is 1. The van der Waals surface area contributed by atoms with E-state index in [9.17, 15) is 9.59 Å². The molecule has 1 unspecified atom stereocenters. The Kier molecular flexibility index (Phi) is 5.69. The molecule has 0 spiro atoms. The molecule has 0 bridgehead atoms. The average Bonchev–Trinajstić information content (AvgIpc) is 3.09. The first-order valence-electron chi connectivity index (χ1n) is 10.2. The zero-order valence-electron chi connectivity index (χ0n) is 18.0. The van der Waals surface area contributed by atoms with Crippen LogP contribution in [0, 0.1) is 11.3 Å². The zero-order chi connectivity index (χ0) is 22.8. The van der Waals surface area contributed by atoms with Crippen LogP contribution in [-0.2, 0) is 9.53 Å². The second-order valence-corrected chi connectivity index (χ2v) is 7.34. The number of hydrogen-bond acceptors (Lipinski definition) is 7. The summed E-state index contributed by atoms with van der Waals surface area (Å²) in [6.07, 6.45) is 0. The normalized spacial score (nSPS) is 16.7. The number of carbonyl (C=O) groups is 2. The van der Waals surface area contributed by atoms with E-state index in [0.717, 1.165) is 5.56 Å². The molecule has 7 nitrogen and oxygen atoms in total. The summed E-state index contributed by atoms with van der Waals surface area (Å²) >= 11 is 0. The summed E-state index contributed by atoms with van der Waals surface area (Å²) in [5.41, 5.74) is 4.25. The van der Waals surface area contributed by atoms with Gasteiger partial charge in [-0.05, 0) is 31.5 Å². The van der Waals surface area contributed by atoms with Gasteiger partial charge in [0.2, 0.25) is 0 Å². The highest BCUT2D eigenvalue weighted by molar-refractivity contribution is 6.23.